The molecule has 0 aliphatic heterocycles. The quantitative estimate of drug-likeness (QED) is 0.578. The van der Waals surface area contributed by atoms with Gasteiger partial charge in [-0.25, -0.2) is 0 Å². The number of nitrogens with two attached hydrogens (primary N) is 1. The zero-order chi connectivity index (χ0) is 9.94. The minimum Gasteiger partial charge on any atom is -0.378 e. The Hall–Kier alpha value is -0.100. The van der Waals surface area contributed by atoms with Gasteiger partial charge >= 0.3 is 0 Å². The minimum atomic E-state index is 0.128. The summed E-state index contributed by atoms with van der Waals surface area (Å²) in [5.41, 5.74) is 5.22. The lowest BCUT2D eigenvalue weighted by Gasteiger charge is -2.03. The second kappa shape index (κ2) is 9.98. The molecule has 13 heavy (non-hydrogen) atoms. The topological polar surface area (TPSA) is 61.5 Å². The van der Waals surface area contributed by atoms with E-state index in [1.165, 1.54) is 11.8 Å². The predicted molar refractivity (Wildman–Crippen MR) is 53.8 cm³/mol. The van der Waals surface area contributed by atoms with Gasteiger partial charge in [-0.15, -0.1) is 0 Å². The van der Waals surface area contributed by atoms with Gasteiger partial charge in [-0.2, -0.15) is 0 Å². The Labute approximate surface area is 83.1 Å². The molecule has 0 spiro atoms. The van der Waals surface area contributed by atoms with Crippen molar-refractivity contribution in [2.75, 3.05) is 38.7 Å². The molecule has 0 atom stereocenters. The van der Waals surface area contributed by atoms with Crippen molar-refractivity contribution in [2.24, 2.45) is 5.73 Å². The van der Waals surface area contributed by atoms with Crippen molar-refractivity contribution in [3.05, 3.63) is 0 Å². The molecule has 0 fully saturated rings. The highest BCUT2D eigenvalue weighted by Gasteiger charge is 1.93. The molecule has 0 saturated heterocycles. The summed E-state index contributed by atoms with van der Waals surface area (Å²) in [4.78, 5) is 10.5. The fourth-order valence-electron chi connectivity index (χ4n) is 0.650. The molecule has 0 saturated carbocycles. The summed E-state index contributed by atoms with van der Waals surface area (Å²) < 4.78 is 10.3. The molecule has 2 N–H and O–H groups in total. The molecule has 0 amide bonds. The third-order valence-electron chi connectivity index (χ3n) is 1.17. The first kappa shape index (κ1) is 12.9. The largest absolute Gasteiger partial charge is 0.378 e. The van der Waals surface area contributed by atoms with Crippen LogP contribution in [0.15, 0.2) is 0 Å². The second-order valence-electron chi connectivity index (χ2n) is 2.35. The van der Waals surface area contributed by atoms with E-state index in [9.17, 15) is 4.79 Å². The molecule has 0 radical (unpaired) electrons. The number of carbonyl (C=O) groups is 1. The van der Waals surface area contributed by atoms with Crippen molar-refractivity contribution in [1.29, 1.82) is 0 Å². The van der Waals surface area contributed by atoms with Crippen LogP contribution in [0, 0.1) is 0 Å². The fraction of sp³-hybridized carbons (Fsp3) is 0.875. The fourth-order valence-corrected chi connectivity index (χ4v) is 1.14. The van der Waals surface area contributed by atoms with E-state index in [1.54, 1.807) is 6.92 Å². The van der Waals surface area contributed by atoms with Crippen molar-refractivity contribution in [3.8, 4) is 0 Å². The van der Waals surface area contributed by atoms with Crippen molar-refractivity contribution in [2.45, 2.75) is 6.92 Å². The van der Waals surface area contributed by atoms with E-state index in [2.05, 4.69) is 0 Å². The molecule has 5 heteroatoms. The Morgan fingerprint density at radius 1 is 1.23 bits per heavy atom. The molecular weight excluding hydrogens is 190 g/mol. The van der Waals surface area contributed by atoms with Crippen LogP contribution < -0.4 is 5.73 Å². The van der Waals surface area contributed by atoms with Gasteiger partial charge in [0.25, 0.3) is 0 Å². The zero-order valence-electron chi connectivity index (χ0n) is 7.95. The van der Waals surface area contributed by atoms with E-state index < -0.39 is 0 Å². The molecule has 0 unspecified atom stereocenters. The normalized spacial score (nSPS) is 10.3. The molecule has 0 rings (SSSR count). The van der Waals surface area contributed by atoms with Gasteiger partial charge < -0.3 is 15.2 Å². The smallest absolute Gasteiger partial charge is 0.185 e. The van der Waals surface area contributed by atoms with Gasteiger partial charge in [0.15, 0.2) is 5.12 Å². The first-order valence-corrected chi connectivity index (χ1v) is 5.25. The SMILES string of the molecule is CC(=O)SCCOCCOCCN. The number of hydrogen-bond donors (Lipinski definition) is 1. The van der Waals surface area contributed by atoms with Crippen molar-refractivity contribution in [3.63, 3.8) is 0 Å². The van der Waals surface area contributed by atoms with Crippen molar-refractivity contribution >= 4 is 16.9 Å². The first-order valence-electron chi connectivity index (χ1n) is 4.26. The van der Waals surface area contributed by atoms with Crippen LogP contribution in [0.25, 0.3) is 0 Å². The number of thioether (sulfide) groups is 1. The summed E-state index contributed by atoms with van der Waals surface area (Å²) in [7, 11) is 0. The third-order valence-corrected chi connectivity index (χ3v) is 1.94. The summed E-state index contributed by atoms with van der Waals surface area (Å²) in [6, 6.07) is 0. The molecule has 0 aromatic carbocycles. The van der Waals surface area contributed by atoms with Gasteiger partial charge in [-0.3, -0.25) is 4.79 Å². The van der Waals surface area contributed by atoms with Crippen LogP contribution in [0.4, 0.5) is 0 Å². The van der Waals surface area contributed by atoms with E-state index in [-0.39, 0.29) is 5.12 Å². The summed E-state index contributed by atoms with van der Waals surface area (Å²) >= 11 is 1.27. The van der Waals surface area contributed by atoms with Crippen molar-refractivity contribution in [1.82, 2.24) is 0 Å². The Kier molecular flexibility index (Phi) is 9.91. The van der Waals surface area contributed by atoms with Crippen LogP contribution in [-0.2, 0) is 14.3 Å². The first-order chi connectivity index (χ1) is 6.27. The maximum absolute atomic E-state index is 10.5. The number of carbonyl (C=O) groups excluding carboxylic acids is 1. The van der Waals surface area contributed by atoms with E-state index in [1.807, 2.05) is 0 Å². The molecule has 0 aliphatic rings. The lowest BCUT2D eigenvalue weighted by atomic mass is 10.7. The van der Waals surface area contributed by atoms with Gasteiger partial charge in [0.05, 0.1) is 26.4 Å². The molecule has 0 bridgehead atoms. The van der Waals surface area contributed by atoms with Crippen LogP contribution in [0.1, 0.15) is 6.92 Å². The average molecular weight is 207 g/mol. The van der Waals surface area contributed by atoms with Crippen molar-refractivity contribution < 1.29 is 14.3 Å². The van der Waals surface area contributed by atoms with Gasteiger partial charge in [-0.05, 0) is 0 Å². The average Bonchev–Trinajstić information content (AvgIpc) is 2.09. The monoisotopic (exact) mass is 207 g/mol. The highest BCUT2D eigenvalue weighted by molar-refractivity contribution is 8.13. The second-order valence-corrected chi connectivity index (χ2v) is 3.63. The van der Waals surface area contributed by atoms with Crippen LogP contribution in [0.5, 0.6) is 0 Å². The Morgan fingerprint density at radius 3 is 2.38 bits per heavy atom. The van der Waals surface area contributed by atoms with E-state index in [0.717, 1.165) is 0 Å². The third kappa shape index (κ3) is 11.9. The zero-order valence-corrected chi connectivity index (χ0v) is 8.77. The standard InChI is InChI=1S/C8H17NO3S/c1-8(10)13-7-6-12-5-4-11-3-2-9/h2-7,9H2,1H3. The summed E-state index contributed by atoms with van der Waals surface area (Å²) in [5.74, 6) is 0.715. The van der Waals surface area contributed by atoms with Gasteiger partial charge in [-0.1, -0.05) is 11.8 Å². The molecule has 0 aromatic rings. The predicted octanol–water partition coefficient (Wildman–Crippen LogP) is 0.258. The van der Waals surface area contributed by atoms with Crippen LogP contribution >= 0.6 is 11.8 Å². The maximum Gasteiger partial charge on any atom is 0.185 e. The lowest BCUT2D eigenvalue weighted by Crippen LogP contribution is -2.12. The van der Waals surface area contributed by atoms with E-state index in [0.29, 0.717) is 38.7 Å². The highest BCUT2D eigenvalue weighted by Crippen LogP contribution is 1.99. The molecule has 0 aromatic heterocycles. The summed E-state index contributed by atoms with van der Waals surface area (Å²) in [5, 5.41) is 0.128. The summed E-state index contributed by atoms with van der Waals surface area (Å²) in [6.07, 6.45) is 0. The van der Waals surface area contributed by atoms with Crippen LogP contribution in [-0.4, -0.2) is 43.8 Å². The lowest BCUT2D eigenvalue weighted by molar-refractivity contribution is -0.109. The van der Waals surface area contributed by atoms with Gasteiger partial charge in [0, 0.05) is 19.2 Å². The molecule has 0 aliphatic carbocycles. The van der Waals surface area contributed by atoms with Crippen LogP contribution in [0.3, 0.4) is 0 Å². The van der Waals surface area contributed by atoms with Gasteiger partial charge in [0.1, 0.15) is 0 Å². The minimum absolute atomic E-state index is 0.128. The highest BCUT2D eigenvalue weighted by atomic mass is 32.2. The number of hydrogen-bond acceptors (Lipinski definition) is 5. The maximum atomic E-state index is 10.5. The van der Waals surface area contributed by atoms with E-state index >= 15 is 0 Å². The molecule has 78 valence electrons. The Morgan fingerprint density at radius 2 is 1.85 bits per heavy atom. The Bertz CT molecular complexity index is 133. The Balaban J connectivity index is 2.87. The van der Waals surface area contributed by atoms with Gasteiger partial charge in [0.2, 0.25) is 0 Å². The van der Waals surface area contributed by atoms with Crippen LogP contribution in [0.2, 0.25) is 0 Å². The number of ether oxygens (including phenoxy) is 2. The molecule has 0 heterocycles. The summed E-state index contributed by atoms with van der Waals surface area (Å²) in [6.45, 7) is 4.40. The molecule has 4 nitrogen and oxygen atoms in total. The number of rotatable bonds is 8. The van der Waals surface area contributed by atoms with E-state index in [4.69, 9.17) is 15.2 Å². The molecular formula is C8H17NO3S.